The SMILES string of the molecule is CC.[B]c1c[nH]c(=O)c(N2CCOC3(COC3)[C@@H]2C)c1. The molecule has 1 N–H and O–H groups in total. The summed E-state index contributed by atoms with van der Waals surface area (Å²) >= 11 is 0. The van der Waals surface area contributed by atoms with Crippen LogP contribution in [-0.2, 0) is 9.47 Å². The number of ether oxygens (including phenoxy) is 2. The maximum atomic E-state index is 11.9. The number of nitrogens with zero attached hydrogens (tertiary/aromatic N) is 1. The second kappa shape index (κ2) is 6.02. The van der Waals surface area contributed by atoms with E-state index in [1.54, 1.807) is 6.07 Å². The molecule has 1 spiro atoms. The Hall–Kier alpha value is -1.27. The number of aromatic nitrogens is 1. The molecule has 1 atom stereocenters. The zero-order valence-corrected chi connectivity index (χ0v) is 12.3. The molecule has 0 unspecified atom stereocenters. The van der Waals surface area contributed by atoms with Gasteiger partial charge in [-0.2, -0.15) is 0 Å². The van der Waals surface area contributed by atoms with Gasteiger partial charge in [0.25, 0.3) is 5.56 Å². The third-order valence-electron chi connectivity index (χ3n) is 3.86. The fourth-order valence-electron chi connectivity index (χ4n) is 2.60. The monoisotopic (exact) mass is 276 g/mol. The number of morpholine rings is 1. The van der Waals surface area contributed by atoms with E-state index in [2.05, 4.69) is 16.8 Å². The lowest BCUT2D eigenvalue weighted by Crippen LogP contribution is -2.68. The van der Waals surface area contributed by atoms with E-state index in [1.165, 1.54) is 6.20 Å². The summed E-state index contributed by atoms with van der Waals surface area (Å²) in [5.74, 6) is 0. The Morgan fingerprint density at radius 1 is 1.45 bits per heavy atom. The van der Waals surface area contributed by atoms with Crippen LogP contribution in [0, 0.1) is 0 Å². The van der Waals surface area contributed by atoms with Crippen LogP contribution < -0.4 is 15.9 Å². The number of aromatic amines is 1. The first-order chi connectivity index (χ1) is 9.62. The lowest BCUT2D eigenvalue weighted by molar-refractivity contribution is -0.228. The third-order valence-corrected chi connectivity index (χ3v) is 3.86. The van der Waals surface area contributed by atoms with Crippen LogP contribution in [0.3, 0.4) is 0 Å². The Morgan fingerprint density at radius 2 is 2.15 bits per heavy atom. The predicted molar refractivity (Wildman–Crippen MR) is 80.1 cm³/mol. The van der Waals surface area contributed by atoms with E-state index in [-0.39, 0.29) is 17.2 Å². The molecule has 2 aliphatic rings. The Labute approximate surface area is 120 Å². The molecule has 0 bridgehead atoms. The van der Waals surface area contributed by atoms with Crippen molar-refractivity contribution in [2.45, 2.75) is 32.4 Å². The topological polar surface area (TPSA) is 54.6 Å². The summed E-state index contributed by atoms with van der Waals surface area (Å²) in [5.41, 5.74) is 0.780. The van der Waals surface area contributed by atoms with Crippen molar-refractivity contribution >= 4 is 19.0 Å². The lowest BCUT2D eigenvalue weighted by atomic mass is 9.89. The van der Waals surface area contributed by atoms with Gasteiger partial charge in [0.05, 0.1) is 25.9 Å². The quantitative estimate of drug-likeness (QED) is 0.744. The number of rotatable bonds is 1. The first-order valence-corrected chi connectivity index (χ1v) is 7.09. The molecule has 2 radical (unpaired) electrons. The van der Waals surface area contributed by atoms with Gasteiger partial charge in [0.15, 0.2) is 0 Å². The van der Waals surface area contributed by atoms with Gasteiger partial charge in [-0.3, -0.25) is 4.79 Å². The fraction of sp³-hybridized carbons (Fsp3) is 0.643. The molecular formula is C14H21BN2O3. The maximum absolute atomic E-state index is 11.9. The number of hydrogen-bond acceptors (Lipinski definition) is 4. The number of anilines is 1. The average Bonchev–Trinajstić information content (AvgIpc) is 2.42. The average molecular weight is 276 g/mol. The van der Waals surface area contributed by atoms with Crippen molar-refractivity contribution in [3.05, 3.63) is 22.6 Å². The van der Waals surface area contributed by atoms with E-state index >= 15 is 0 Å². The summed E-state index contributed by atoms with van der Waals surface area (Å²) in [6, 6.07) is 1.82. The molecule has 2 aliphatic heterocycles. The summed E-state index contributed by atoms with van der Waals surface area (Å²) in [6.07, 6.45) is 1.51. The zero-order valence-electron chi connectivity index (χ0n) is 12.3. The number of pyridine rings is 1. The Morgan fingerprint density at radius 3 is 2.75 bits per heavy atom. The number of nitrogens with one attached hydrogen (secondary N) is 1. The maximum Gasteiger partial charge on any atom is 0.271 e. The normalized spacial score (nSPS) is 23.8. The fourth-order valence-corrected chi connectivity index (χ4v) is 2.60. The van der Waals surface area contributed by atoms with Gasteiger partial charge in [0.1, 0.15) is 19.1 Å². The van der Waals surface area contributed by atoms with Gasteiger partial charge in [-0.05, 0) is 19.2 Å². The van der Waals surface area contributed by atoms with E-state index in [0.717, 1.165) is 0 Å². The standard InChI is InChI=1S/C12H15BN2O3.C2H6/c1-8-12(6-17-7-12)18-3-2-15(8)10-4-9(13)5-14-11(10)16;1-2/h4-5,8H,2-3,6-7H2,1H3,(H,14,16);1-2H3/t8-;/m0./s1. The first-order valence-electron chi connectivity index (χ1n) is 7.09. The molecule has 1 aromatic heterocycles. The van der Waals surface area contributed by atoms with E-state index in [4.69, 9.17) is 17.3 Å². The molecule has 6 heteroatoms. The second-order valence-corrected chi connectivity index (χ2v) is 4.92. The van der Waals surface area contributed by atoms with E-state index < -0.39 is 0 Å². The van der Waals surface area contributed by atoms with Crippen LogP contribution in [0.15, 0.2) is 17.1 Å². The van der Waals surface area contributed by atoms with E-state index in [1.807, 2.05) is 13.8 Å². The predicted octanol–water partition coefficient (Wildman–Crippen LogP) is 0.189. The van der Waals surface area contributed by atoms with Gasteiger partial charge in [0, 0.05) is 6.54 Å². The summed E-state index contributed by atoms with van der Waals surface area (Å²) < 4.78 is 11.1. The van der Waals surface area contributed by atoms with Crippen LogP contribution in [0.25, 0.3) is 0 Å². The summed E-state index contributed by atoms with van der Waals surface area (Å²) in [7, 11) is 5.74. The highest BCUT2D eigenvalue weighted by Gasteiger charge is 2.50. The van der Waals surface area contributed by atoms with Gasteiger partial charge in [0.2, 0.25) is 0 Å². The van der Waals surface area contributed by atoms with Crippen molar-refractivity contribution < 1.29 is 9.47 Å². The van der Waals surface area contributed by atoms with E-state index in [0.29, 0.717) is 37.5 Å². The molecule has 20 heavy (non-hydrogen) atoms. The van der Waals surface area contributed by atoms with Crippen molar-refractivity contribution in [3.8, 4) is 0 Å². The molecule has 3 heterocycles. The van der Waals surface area contributed by atoms with Crippen LogP contribution in [0.1, 0.15) is 20.8 Å². The zero-order chi connectivity index (χ0) is 14.8. The molecule has 2 fully saturated rings. The Kier molecular flexibility index (Phi) is 4.55. The van der Waals surface area contributed by atoms with Crippen molar-refractivity contribution in [2.75, 3.05) is 31.3 Å². The summed E-state index contributed by atoms with van der Waals surface area (Å²) in [5, 5.41) is 0. The molecule has 0 saturated carbocycles. The summed E-state index contributed by atoms with van der Waals surface area (Å²) in [4.78, 5) is 16.6. The minimum atomic E-state index is -0.269. The molecule has 0 aliphatic carbocycles. The molecule has 3 rings (SSSR count). The van der Waals surface area contributed by atoms with Gasteiger partial charge < -0.3 is 19.4 Å². The van der Waals surface area contributed by atoms with Crippen LogP contribution in [0.5, 0.6) is 0 Å². The molecule has 5 nitrogen and oxygen atoms in total. The molecule has 1 aromatic rings. The van der Waals surface area contributed by atoms with Crippen LogP contribution in [0.2, 0.25) is 0 Å². The van der Waals surface area contributed by atoms with Crippen molar-refractivity contribution in [1.82, 2.24) is 4.98 Å². The van der Waals surface area contributed by atoms with E-state index in [9.17, 15) is 4.79 Å². The van der Waals surface area contributed by atoms with Gasteiger partial charge >= 0.3 is 0 Å². The Balaban J connectivity index is 0.000000704. The van der Waals surface area contributed by atoms with Gasteiger partial charge in [-0.15, -0.1) is 0 Å². The van der Waals surface area contributed by atoms with Crippen molar-refractivity contribution in [1.29, 1.82) is 0 Å². The first kappa shape index (κ1) is 15.1. The minimum Gasteiger partial charge on any atom is -0.375 e. The minimum absolute atomic E-state index is 0.0999. The highest BCUT2D eigenvalue weighted by atomic mass is 16.6. The third kappa shape index (κ3) is 2.50. The highest BCUT2D eigenvalue weighted by Crippen LogP contribution is 2.33. The lowest BCUT2D eigenvalue weighted by Gasteiger charge is -2.53. The van der Waals surface area contributed by atoms with Crippen LogP contribution >= 0.6 is 0 Å². The smallest absolute Gasteiger partial charge is 0.271 e. The van der Waals surface area contributed by atoms with Gasteiger partial charge in [-0.25, -0.2) is 0 Å². The number of hydrogen-bond donors (Lipinski definition) is 1. The summed E-state index contributed by atoms with van der Waals surface area (Å²) in [6.45, 7) is 8.53. The second-order valence-electron chi connectivity index (χ2n) is 4.92. The molecule has 0 aromatic carbocycles. The van der Waals surface area contributed by atoms with Crippen LogP contribution in [-0.4, -0.2) is 50.8 Å². The van der Waals surface area contributed by atoms with Gasteiger partial charge in [-0.1, -0.05) is 19.3 Å². The number of H-pyrrole nitrogens is 1. The van der Waals surface area contributed by atoms with Crippen LogP contribution in [0.4, 0.5) is 5.69 Å². The molecule has 2 saturated heterocycles. The van der Waals surface area contributed by atoms with Crippen molar-refractivity contribution in [2.24, 2.45) is 0 Å². The molecule has 0 amide bonds. The highest BCUT2D eigenvalue weighted by molar-refractivity contribution is 6.32. The molecular weight excluding hydrogens is 255 g/mol. The largest absolute Gasteiger partial charge is 0.375 e. The van der Waals surface area contributed by atoms with Crippen molar-refractivity contribution in [3.63, 3.8) is 0 Å². The molecule has 108 valence electrons. The Bertz CT molecular complexity index is 513.